The van der Waals surface area contributed by atoms with Crippen molar-refractivity contribution in [3.05, 3.63) is 46.9 Å². The van der Waals surface area contributed by atoms with Crippen LogP contribution in [0.3, 0.4) is 0 Å². The zero-order valence-corrected chi connectivity index (χ0v) is 19.3. The van der Waals surface area contributed by atoms with E-state index in [2.05, 4.69) is 0 Å². The number of carbonyl (C=O) groups is 2. The van der Waals surface area contributed by atoms with Crippen LogP contribution in [0.1, 0.15) is 55.4 Å². The fraction of sp³-hybridized carbons (Fsp3) is 0.500. The molecule has 2 aromatic rings. The molecule has 3 heterocycles. The molecule has 0 unspecified atom stereocenters. The fourth-order valence-electron chi connectivity index (χ4n) is 4.42. The molecule has 32 heavy (non-hydrogen) atoms. The zero-order chi connectivity index (χ0) is 23.0. The first-order chi connectivity index (χ1) is 15.3. The van der Waals surface area contributed by atoms with Crippen molar-refractivity contribution in [2.24, 2.45) is 0 Å². The van der Waals surface area contributed by atoms with Gasteiger partial charge in [-0.3, -0.25) is 14.5 Å². The molecule has 170 valence electrons. The Morgan fingerprint density at radius 2 is 1.97 bits per heavy atom. The van der Waals surface area contributed by atoms with Gasteiger partial charge in [0, 0.05) is 30.5 Å². The summed E-state index contributed by atoms with van der Waals surface area (Å²) in [5.74, 6) is 1.85. The number of aryl methyl sites for hydroxylation is 1. The van der Waals surface area contributed by atoms with Crippen LogP contribution in [0.5, 0.6) is 5.75 Å². The van der Waals surface area contributed by atoms with Crippen molar-refractivity contribution in [3.63, 3.8) is 0 Å². The predicted molar refractivity (Wildman–Crippen MR) is 119 cm³/mol. The van der Waals surface area contributed by atoms with E-state index in [0.717, 1.165) is 35.4 Å². The Bertz CT molecular complexity index is 1050. The third-order valence-corrected chi connectivity index (χ3v) is 6.45. The molecule has 0 saturated carbocycles. The van der Waals surface area contributed by atoms with Gasteiger partial charge < -0.3 is 14.4 Å². The maximum absolute atomic E-state index is 13.1. The standard InChI is InChI=1S/C24H30N4O4/c1-15-17-13-20(29)28(14-16-9-6-7-11-19(16)31-4)22(17)26-21(25-15)18-10-8-12-27(18)23(30)24(2,3)32-5/h6-7,9,11,18H,8,10,12-14H2,1-5H3/t18-/m1/s1. The largest absolute Gasteiger partial charge is 0.496 e. The number of carbonyl (C=O) groups excluding carboxylic acids is 2. The highest BCUT2D eigenvalue weighted by Crippen LogP contribution is 2.37. The van der Waals surface area contributed by atoms with Crippen LogP contribution in [0.2, 0.25) is 0 Å². The first-order valence-electron chi connectivity index (χ1n) is 10.9. The number of rotatable bonds is 6. The van der Waals surface area contributed by atoms with E-state index in [1.807, 2.05) is 36.1 Å². The van der Waals surface area contributed by atoms with Crippen LogP contribution in [0.25, 0.3) is 0 Å². The minimum Gasteiger partial charge on any atom is -0.496 e. The first kappa shape index (κ1) is 22.2. The fourth-order valence-corrected chi connectivity index (χ4v) is 4.42. The summed E-state index contributed by atoms with van der Waals surface area (Å²) in [6, 6.07) is 7.43. The molecule has 4 rings (SSSR count). The minimum absolute atomic E-state index is 0.0136. The lowest BCUT2D eigenvalue weighted by Crippen LogP contribution is -2.46. The number of benzene rings is 1. The van der Waals surface area contributed by atoms with E-state index in [1.54, 1.807) is 33.0 Å². The van der Waals surface area contributed by atoms with Gasteiger partial charge in [-0.1, -0.05) is 18.2 Å². The van der Waals surface area contributed by atoms with Gasteiger partial charge >= 0.3 is 0 Å². The number of fused-ring (bicyclic) bond motifs is 1. The lowest BCUT2D eigenvalue weighted by Gasteiger charge is -2.32. The van der Waals surface area contributed by atoms with Crippen LogP contribution in [0, 0.1) is 6.92 Å². The number of hydrogen-bond donors (Lipinski definition) is 0. The first-order valence-corrected chi connectivity index (χ1v) is 10.9. The number of anilines is 1. The monoisotopic (exact) mass is 438 g/mol. The van der Waals surface area contributed by atoms with E-state index in [0.29, 0.717) is 24.7 Å². The Morgan fingerprint density at radius 3 is 2.69 bits per heavy atom. The van der Waals surface area contributed by atoms with Crippen molar-refractivity contribution in [2.45, 2.75) is 58.2 Å². The Balaban J connectivity index is 1.69. The van der Waals surface area contributed by atoms with Gasteiger partial charge in [0.1, 0.15) is 17.2 Å². The third kappa shape index (κ3) is 3.83. The molecule has 2 amide bonds. The number of amides is 2. The Morgan fingerprint density at radius 1 is 1.22 bits per heavy atom. The van der Waals surface area contributed by atoms with Crippen LogP contribution in [-0.2, 0) is 27.3 Å². The average molecular weight is 439 g/mol. The molecule has 2 aliphatic heterocycles. The van der Waals surface area contributed by atoms with Crippen molar-refractivity contribution in [1.29, 1.82) is 0 Å². The van der Waals surface area contributed by atoms with E-state index in [1.165, 1.54) is 0 Å². The number of aromatic nitrogens is 2. The number of nitrogens with zero attached hydrogens (tertiary/aromatic N) is 4. The molecular weight excluding hydrogens is 408 g/mol. The van der Waals surface area contributed by atoms with E-state index in [9.17, 15) is 9.59 Å². The zero-order valence-electron chi connectivity index (χ0n) is 19.3. The van der Waals surface area contributed by atoms with Gasteiger partial charge in [-0.25, -0.2) is 9.97 Å². The van der Waals surface area contributed by atoms with Gasteiger partial charge in [-0.15, -0.1) is 0 Å². The molecule has 0 aliphatic carbocycles. The van der Waals surface area contributed by atoms with Crippen molar-refractivity contribution < 1.29 is 19.1 Å². The summed E-state index contributed by atoms with van der Waals surface area (Å²) >= 11 is 0. The van der Waals surface area contributed by atoms with Gasteiger partial charge in [0.05, 0.1) is 26.1 Å². The predicted octanol–water partition coefficient (Wildman–Crippen LogP) is 2.97. The van der Waals surface area contributed by atoms with Crippen LogP contribution in [0.15, 0.2) is 24.3 Å². The lowest BCUT2D eigenvalue weighted by atomic mass is 10.1. The number of likely N-dealkylation sites (tertiary alicyclic amines) is 1. The van der Waals surface area contributed by atoms with Gasteiger partial charge in [-0.2, -0.15) is 0 Å². The number of methoxy groups -OCH3 is 2. The highest BCUT2D eigenvalue weighted by atomic mass is 16.5. The summed E-state index contributed by atoms with van der Waals surface area (Å²) in [5, 5.41) is 0. The molecular formula is C24H30N4O4. The molecule has 0 radical (unpaired) electrons. The average Bonchev–Trinajstić information content (AvgIpc) is 3.39. The van der Waals surface area contributed by atoms with Gasteiger partial charge in [0.2, 0.25) is 5.91 Å². The Kier molecular flexibility index (Phi) is 5.90. The van der Waals surface area contributed by atoms with Crippen molar-refractivity contribution in [2.75, 3.05) is 25.7 Å². The van der Waals surface area contributed by atoms with Gasteiger partial charge in [0.25, 0.3) is 5.91 Å². The second-order valence-electron chi connectivity index (χ2n) is 8.81. The summed E-state index contributed by atoms with van der Waals surface area (Å²) < 4.78 is 10.9. The molecule has 8 heteroatoms. The third-order valence-electron chi connectivity index (χ3n) is 6.45. The quantitative estimate of drug-likeness (QED) is 0.689. The molecule has 1 saturated heterocycles. The summed E-state index contributed by atoms with van der Waals surface area (Å²) in [4.78, 5) is 39.1. The van der Waals surface area contributed by atoms with E-state index in [4.69, 9.17) is 19.4 Å². The summed E-state index contributed by atoms with van der Waals surface area (Å²) in [6.45, 7) is 6.46. The van der Waals surface area contributed by atoms with Crippen LogP contribution in [0.4, 0.5) is 5.82 Å². The summed E-state index contributed by atoms with van der Waals surface area (Å²) in [6.07, 6.45) is 1.93. The van der Waals surface area contributed by atoms with Crippen LogP contribution >= 0.6 is 0 Å². The number of para-hydroxylation sites is 1. The van der Waals surface area contributed by atoms with Gasteiger partial charge in [-0.05, 0) is 39.7 Å². The normalized spacial score (nSPS) is 18.3. The topological polar surface area (TPSA) is 84.9 Å². The summed E-state index contributed by atoms with van der Waals surface area (Å²) in [7, 11) is 3.16. The van der Waals surface area contributed by atoms with Gasteiger partial charge in [0.15, 0.2) is 5.82 Å². The van der Waals surface area contributed by atoms with E-state index in [-0.39, 0.29) is 24.3 Å². The lowest BCUT2D eigenvalue weighted by molar-refractivity contribution is -0.152. The van der Waals surface area contributed by atoms with E-state index >= 15 is 0 Å². The van der Waals surface area contributed by atoms with E-state index < -0.39 is 5.60 Å². The van der Waals surface area contributed by atoms with Crippen molar-refractivity contribution in [1.82, 2.24) is 14.9 Å². The molecule has 1 atom stereocenters. The summed E-state index contributed by atoms with van der Waals surface area (Å²) in [5.41, 5.74) is 1.63. The number of ether oxygens (including phenoxy) is 2. The van der Waals surface area contributed by atoms with Crippen molar-refractivity contribution >= 4 is 17.6 Å². The van der Waals surface area contributed by atoms with Crippen LogP contribution < -0.4 is 9.64 Å². The molecule has 0 bridgehead atoms. The Hall–Kier alpha value is -3.00. The second-order valence-corrected chi connectivity index (χ2v) is 8.81. The van der Waals surface area contributed by atoms with Crippen LogP contribution in [-0.4, -0.2) is 53.0 Å². The molecule has 2 aliphatic rings. The SMILES string of the molecule is COc1ccccc1CN1C(=O)Cc2c(C)nc([C@H]3CCCN3C(=O)C(C)(C)OC)nc21. The smallest absolute Gasteiger partial charge is 0.254 e. The van der Waals surface area contributed by atoms with Crippen molar-refractivity contribution in [3.8, 4) is 5.75 Å². The highest BCUT2D eigenvalue weighted by molar-refractivity contribution is 6.00. The second kappa shape index (κ2) is 8.50. The maximum atomic E-state index is 13.1. The molecule has 1 aromatic carbocycles. The molecule has 1 aromatic heterocycles. The molecule has 1 fully saturated rings. The minimum atomic E-state index is -0.916. The molecule has 8 nitrogen and oxygen atoms in total. The molecule has 0 spiro atoms. The Labute approximate surface area is 188 Å². The highest BCUT2D eigenvalue weighted by Gasteiger charge is 2.41. The molecule has 0 N–H and O–H groups in total. The maximum Gasteiger partial charge on any atom is 0.254 e. The number of hydrogen-bond acceptors (Lipinski definition) is 6.